The fourth-order valence-electron chi connectivity index (χ4n) is 0.649. The fraction of sp³-hybridized carbons (Fsp3) is 0.222. The van der Waals surface area contributed by atoms with Gasteiger partial charge >= 0.3 is 0 Å². The summed E-state index contributed by atoms with van der Waals surface area (Å²) < 4.78 is 0. The van der Waals surface area contributed by atoms with E-state index >= 15 is 0 Å². The first-order chi connectivity index (χ1) is 5.99. The highest BCUT2D eigenvalue weighted by molar-refractivity contribution is 5.99. The monoisotopic (exact) mass is 180 g/mol. The van der Waals surface area contributed by atoms with Crippen molar-refractivity contribution in [1.82, 2.24) is 5.32 Å². The Morgan fingerprint density at radius 2 is 1.92 bits per heavy atom. The predicted octanol–water partition coefficient (Wildman–Crippen LogP) is 0.800. The SMILES string of the molecule is C=CN=C(NC(=C)C)/C(N)=C(/C)N. The average molecular weight is 180 g/mol. The Morgan fingerprint density at radius 1 is 1.38 bits per heavy atom. The van der Waals surface area contributed by atoms with Gasteiger partial charge in [0.25, 0.3) is 0 Å². The van der Waals surface area contributed by atoms with Crippen LogP contribution in [0.3, 0.4) is 0 Å². The van der Waals surface area contributed by atoms with Crippen molar-refractivity contribution in [2.24, 2.45) is 16.5 Å². The Bertz CT molecular complexity index is 269. The first-order valence-corrected chi connectivity index (χ1v) is 3.82. The third kappa shape index (κ3) is 4.00. The molecule has 0 saturated carbocycles. The van der Waals surface area contributed by atoms with E-state index in [9.17, 15) is 0 Å². The normalized spacial score (nSPS) is 13.2. The molecule has 0 atom stereocenters. The van der Waals surface area contributed by atoms with E-state index in [4.69, 9.17) is 11.5 Å². The van der Waals surface area contributed by atoms with Gasteiger partial charge in [0.2, 0.25) is 0 Å². The predicted molar refractivity (Wildman–Crippen MR) is 56.7 cm³/mol. The number of aliphatic imine (C=N–C) groups is 1. The van der Waals surface area contributed by atoms with Crippen LogP contribution in [0.4, 0.5) is 0 Å². The summed E-state index contributed by atoms with van der Waals surface area (Å²) >= 11 is 0. The molecule has 0 bridgehead atoms. The van der Waals surface area contributed by atoms with Gasteiger partial charge < -0.3 is 16.8 Å². The van der Waals surface area contributed by atoms with Crippen molar-refractivity contribution in [1.29, 1.82) is 0 Å². The maximum atomic E-state index is 5.67. The van der Waals surface area contributed by atoms with Crippen LogP contribution in [0.15, 0.2) is 41.4 Å². The van der Waals surface area contributed by atoms with Gasteiger partial charge in [-0.25, -0.2) is 4.99 Å². The van der Waals surface area contributed by atoms with E-state index in [1.54, 1.807) is 13.8 Å². The topological polar surface area (TPSA) is 76.4 Å². The van der Waals surface area contributed by atoms with Gasteiger partial charge in [-0.05, 0) is 13.8 Å². The van der Waals surface area contributed by atoms with Crippen molar-refractivity contribution in [2.45, 2.75) is 13.8 Å². The Labute approximate surface area is 78.7 Å². The van der Waals surface area contributed by atoms with Crippen LogP contribution >= 0.6 is 0 Å². The van der Waals surface area contributed by atoms with Crippen molar-refractivity contribution in [3.63, 3.8) is 0 Å². The second-order valence-electron chi connectivity index (χ2n) is 2.66. The summed E-state index contributed by atoms with van der Waals surface area (Å²) in [6.45, 7) is 10.7. The zero-order valence-electron chi connectivity index (χ0n) is 8.09. The molecule has 4 heteroatoms. The highest BCUT2D eigenvalue weighted by Crippen LogP contribution is 1.95. The second kappa shape index (κ2) is 5.03. The van der Waals surface area contributed by atoms with E-state index in [-0.39, 0.29) is 0 Å². The zero-order chi connectivity index (χ0) is 10.4. The fourth-order valence-corrected chi connectivity index (χ4v) is 0.649. The lowest BCUT2D eigenvalue weighted by Crippen LogP contribution is -2.29. The van der Waals surface area contributed by atoms with E-state index < -0.39 is 0 Å². The molecule has 0 aliphatic rings. The van der Waals surface area contributed by atoms with Crippen molar-refractivity contribution in [2.75, 3.05) is 0 Å². The molecule has 0 spiro atoms. The smallest absolute Gasteiger partial charge is 0.155 e. The number of hydrogen-bond acceptors (Lipinski definition) is 3. The molecule has 4 nitrogen and oxygen atoms in total. The number of rotatable bonds is 3. The first-order valence-electron chi connectivity index (χ1n) is 3.82. The van der Waals surface area contributed by atoms with Gasteiger partial charge in [0.1, 0.15) is 0 Å². The summed E-state index contributed by atoms with van der Waals surface area (Å²) in [6, 6.07) is 0. The van der Waals surface area contributed by atoms with Gasteiger partial charge in [0, 0.05) is 17.6 Å². The maximum Gasteiger partial charge on any atom is 0.155 e. The number of nitrogens with two attached hydrogens (primary N) is 2. The second-order valence-corrected chi connectivity index (χ2v) is 2.66. The standard InChI is InChI=1S/C9H16N4/c1-5-12-9(13-6(2)3)8(11)7(4)10/h5H,1-2,10-11H2,3-4H3,(H,12,13)/b8-7+. The minimum atomic E-state index is 0.405. The minimum absolute atomic E-state index is 0.405. The van der Waals surface area contributed by atoms with Gasteiger partial charge in [-0.2, -0.15) is 0 Å². The van der Waals surface area contributed by atoms with Crippen LogP contribution in [0.1, 0.15) is 13.8 Å². The summed E-state index contributed by atoms with van der Waals surface area (Å²) in [6.07, 6.45) is 1.39. The quantitative estimate of drug-likeness (QED) is 0.444. The third-order valence-corrected chi connectivity index (χ3v) is 1.23. The number of allylic oxidation sites excluding steroid dienone is 2. The van der Waals surface area contributed by atoms with Crippen LogP contribution in [0.2, 0.25) is 0 Å². The van der Waals surface area contributed by atoms with Gasteiger partial charge in [-0.3, -0.25) is 0 Å². The molecule has 0 aromatic heterocycles. The molecule has 0 aliphatic heterocycles. The van der Waals surface area contributed by atoms with Crippen LogP contribution < -0.4 is 16.8 Å². The molecule has 0 unspecified atom stereocenters. The summed E-state index contributed by atoms with van der Waals surface area (Å²) in [5, 5.41) is 2.88. The van der Waals surface area contributed by atoms with E-state index in [1.807, 2.05) is 0 Å². The summed E-state index contributed by atoms with van der Waals surface area (Å²) in [7, 11) is 0. The molecule has 0 fully saturated rings. The van der Waals surface area contributed by atoms with Crippen molar-refractivity contribution in [3.05, 3.63) is 36.4 Å². The maximum absolute atomic E-state index is 5.67. The van der Waals surface area contributed by atoms with Gasteiger partial charge in [0.05, 0.1) is 5.70 Å². The molecule has 0 radical (unpaired) electrons. The van der Waals surface area contributed by atoms with Crippen LogP contribution in [0.5, 0.6) is 0 Å². The summed E-state index contributed by atoms with van der Waals surface area (Å²) in [5.41, 5.74) is 12.8. The molecule has 0 amide bonds. The van der Waals surface area contributed by atoms with Crippen LogP contribution in [0.25, 0.3) is 0 Å². The van der Waals surface area contributed by atoms with E-state index in [0.717, 1.165) is 5.70 Å². The van der Waals surface area contributed by atoms with E-state index in [2.05, 4.69) is 23.5 Å². The Balaban J connectivity index is 4.83. The molecule has 0 heterocycles. The average Bonchev–Trinajstić information content (AvgIpc) is 2.01. The molecule has 0 aliphatic carbocycles. The highest BCUT2D eigenvalue weighted by Gasteiger charge is 2.03. The van der Waals surface area contributed by atoms with Gasteiger partial charge in [-0.1, -0.05) is 13.2 Å². The molecule has 5 N–H and O–H groups in total. The van der Waals surface area contributed by atoms with Crippen LogP contribution in [-0.4, -0.2) is 5.84 Å². The lowest BCUT2D eigenvalue weighted by Gasteiger charge is -2.09. The highest BCUT2D eigenvalue weighted by atomic mass is 15.0. The Morgan fingerprint density at radius 3 is 2.23 bits per heavy atom. The van der Waals surface area contributed by atoms with E-state index in [1.165, 1.54) is 6.20 Å². The first kappa shape index (κ1) is 11.3. The van der Waals surface area contributed by atoms with Crippen LogP contribution in [0, 0.1) is 0 Å². The molecule has 13 heavy (non-hydrogen) atoms. The number of hydrogen-bond donors (Lipinski definition) is 3. The van der Waals surface area contributed by atoms with E-state index in [0.29, 0.717) is 17.2 Å². The zero-order valence-corrected chi connectivity index (χ0v) is 8.09. The van der Waals surface area contributed by atoms with Crippen molar-refractivity contribution in [3.8, 4) is 0 Å². The molecule has 0 aromatic carbocycles. The lowest BCUT2D eigenvalue weighted by atomic mass is 10.3. The molecule has 0 rings (SSSR count). The Kier molecular flexibility index (Phi) is 4.37. The van der Waals surface area contributed by atoms with Crippen molar-refractivity contribution >= 4 is 5.84 Å². The van der Waals surface area contributed by atoms with Crippen LogP contribution in [-0.2, 0) is 0 Å². The minimum Gasteiger partial charge on any atom is -0.401 e. The summed E-state index contributed by atoms with van der Waals surface area (Å²) in [5.74, 6) is 0.475. The molecular weight excluding hydrogens is 164 g/mol. The largest absolute Gasteiger partial charge is 0.401 e. The molecular formula is C9H16N4. The number of amidine groups is 1. The van der Waals surface area contributed by atoms with Gasteiger partial charge in [-0.15, -0.1) is 0 Å². The number of nitrogens with zero attached hydrogens (tertiary/aromatic N) is 1. The third-order valence-electron chi connectivity index (χ3n) is 1.23. The Hall–Kier alpha value is -1.71. The van der Waals surface area contributed by atoms with Crippen molar-refractivity contribution < 1.29 is 0 Å². The van der Waals surface area contributed by atoms with Gasteiger partial charge in [0.15, 0.2) is 5.84 Å². The summed E-state index contributed by atoms with van der Waals surface area (Å²) in [4.78, 5) is 3.93. The molecule has 72 valence electrons. The molecule has 0 saturated heterocycles. The molecule has 0 aromatic rings. The number of nitrogens with one attached hydrogen (secondary N) is 1. The lowest BCUT2D eigenvalue weighted by molar-refractivity contribution is 1.09.